The molecule has 5 rings (SSSR count). The highest BCUT2D eigenvalue weighted by atomic mass is 35.5. The van der Waals surface area contributed by atoms with Gasteiger partial charge in [0, 0.05) is 33.6 Å². The molecule has 0 N–H and O–H groups in total. The molecule has 0 saturated carbocycles. The highest BCUT2D eigenvalue weighted by molar-refractivity contribution is 6.62. The van der Waals surface area contributed by atoms with Crippen molar-refractivity contribution in [3.05, 3.63) is 118 Å². The first-order valence-corrected chi connectivity index (χ1v) is 13.7. The molecule has 1 heterocycles. The molecule has 0 aromatic heterocycles. The molecule has 0 saturated heterocycles. The SMILES string of the molecule is Clc1ccc(B2OCCN=Cc3ccccc3OB(c3ccc(Cl)cc3)OCCN=Cc3ccccc3O2)cc1. The van der Waals surface area contributed by atoms with Gasteiger partial charge in [0.05, 0.1) is 26.3 Å². The Bertz CT molecular complexity index is 1340. The van der Waals surface area contributed by atoms with Crippen LogP contribution in [0.3, 0.4) is 0 Å². The van der Waals surface area contributed by atoms with Crippen molar-refractivity contribution in [3.63, 3.8) is 0 Å². The lowest BCUT2D eigenvalue weighted by Crippen LogP contribution is -2.41. The number of benzene rings is 4. The fraction of sp³-hybridized carbons (Fsp3) is 0.133. The number of fused-ring (bicyclic) bond motifs is 2. The van der Waals surface area contributed by atoms with E-state index in [-0.39, 0.29) is 0 Å². The Morgan fingerprint density at radius 3 is 1.35 bits per heavy atom. The van der Waals surface area contributed by atoms with Crippen LogP contribution in [0.1, 0.15) is 11.1 Å². The number of nitrogens with zero attached hydrogens (tertiary/aromatic N) is 2. The molecular formula is C30H26B2Cl2N2O4. The molecule has 1 aliphatic rings. The predicted molar refractivity (Wildman–Crippen MR) is 165 cm³/mol. The standard InChI is InChI=1S/C30H26B2Cl2N2O4/c33-27-13-9-25(10-14-27)31-37-20-18-36-22-24-6-2-4-8-30(24)40-32(26-11-15-28(34)16-12-26)38-19-17-35-21-23-5-1-3-7-29(23)39-31/h1-16,21-22H,17-20H2. The summed E-state index contributed by atoms with van der Waals surface area (Å²) in [6, 6.07) is 30.2. The number of aliphatic imine (C=N–C) groups is 2. The van der Waals surface area contributed by atoms with Crippen molar-refractivity contribution in [1.82, 2.24) is 0 Å². The van der Waals surface area contributed by atoms with Gasteiger partial charge in [-0.25, -0.2) is 0 Å². The van der Waals surface area contributed by atoms with Gasteiger partial charge >= 0.3 is 14.2 Å². The van der Waals surface area contributed by atoms with Gasteiger partial charge in [0.1, 0.15) is 11.5 Å². The molecular weight excluding hydrogens is 545 g/mol. The molecule has 40 heavy (non-hydrogen) atoms. The van der Waals surface area contributed by atoms with Gasteiger partial charge in [-0.05, 0) is 59.5 Å². The van der Waals surface area contributed by atoms with E-state index in [1.165, 1.54) is 0 Å². The molecule has 0 bridgehead atoms. The van der Waals surface area contributed by atoms with Gasteiger partial charge in [-0.1, -0.05) is 71.7 Å². The smallest absolute Gasteiger partial charge is 0.532 e. The Hall–Kier alpha value is -3.55. The minimum absolute atomic E-state index is 0.333. The summed E-state index contributed by atoms with van der Waals surface area (Å²) >= 11 is 12.2. The Kier molecular flexibility index (Phi) is 9.93. The summed E-state index contributed by atoms with van der Waals surface area (Å²) in [6.45, 7) is 1.50. The van der Waals surface area contributed by atoms with Crippen LogP contribution in [-0.4, -0.2) is 53.0 Å². The first kappa shape index (κ1) is 28.0. The lowest BCUT2D eigenvalue weighted by molar-refractivity contribution is 0.283. The zero-order chi connectivity index (χ0) is 27.6. The van der Waals surface area contributed by atoms with Crippen molar-refractivity contribution < 1.29 is 18.6 Å². The van der Waals surface area contributed by atoms with Gasteiger partial charge in [0.2, 0.25) is 0 Å². The fourth-order valence-corrected chi connectivity index (χ4v) is 4.26. The minimum atomic E-state index is -0.653. The van der Waals surface area contributed by atoms with Gasteiger partial charge in [0.15, 0.2) is 0 Å². The second-order valence-electron chi connectivity index (χ2n) is 8.89. The summed E-state index contributed by atoms with van der Waals surface area (Å²) < 4.78 is 25.0. The van der Waals surface area contributed by atoms with Crippen molar-refractivity contribution in [2.24, 2.45) is 9.98 Å². The van der Waals surface area contributed by atoms with Gasteiger partial charge in [0.25, 0.3) is 0 Å². The molecule has 0 amide bonds. The minimum Gasteiger partial charge on any atom is -0.532 e. The Labute approximate surface area is 244 Å². The van der Waals surface area contributed by atoms with Crippen molar-refractivity contribution >= 4 is 60.8 Å². The third-order valence-corrected chi connectivity index (χ3v) is 6.53. The Morgan fingerprint density at radius 1 is 0.525 bits per heavy atom. The molecule has 1 aliphatic heterocycles. The van der Waals surface area contributed by atoms with E-state index in [0.29, 0.717) is 47.8 Å². The van der Waals surface area contributed by atoms with Crippen LogP contribution < -0.4 is 20.2 Å². The first-order valence-electron chi connectivity index (χ1n) is 12.9. The average Bonchev–Trinajstić information content (AvgIpc) is 2.97. The second-order valence-corrected chi connectivity index (χ2v) is 9.76. The first-order chi connectivity index (χ1) is 19.7. The molecule has 200 valence electrons. The monoisotopic (exact) mass is 570 g/mol. The Balaban J connectivity index is 1.42. The van der Waals surface area contributed by atoms with Crippen LogP contribution >= 0.6 is 23.2 Å². The van der Waals surface area contributed by atoms with Gasteiger partial charge in [-0.15, -0.1) is 0 Å². The molecule has 0 spiro atoms. The molecule has 6 nitrogen and oxygen atoms in total. The maximum Gasteiger partial charge on any atom is 0.562 e. The van der Waals surface area contributed by atoms with Crippen molar-refractivity contribution in [3.8, 4) is 11.5 Å². The average molecular weight is 571 g/mol. The van der Waals surface area contributed by atoms with Gasteiger partial charge < -0.3 is 18.6 Å². The van der Waals surface area contributed by atoms with E-state index in [1.807, 2.05) is 97.1 Å². The van der Waals surface area contributed by atoms with E-state index < -0.39 is 14.2 Å². The molecule has 4 aromatic carbocycles. The summed E-state index contributed by atoms with van der Waals surface area (Å²) in [7, 11) is -1.31. The highest BCUT2D eigenvalue weighted by Gasteiger charge is 2.26. The zero-order valence-corrected chi connectivity index (χ0v) is 23.2. The highest BCUT2D eigenvalue weighted by Crippen LogP contribution is 2.19. The fourth-order valence-electron chi connectivity index (χ4n) is 4.01. The third-order valence-electron chi connectivity index (χ3n) is 6.03. The summed E-state index contributed by atoms with van der Waals surface area (Å²) in [5.74, 6) is 1.29. The topological polar surface area (TPSA) is 61.6 Å². The van der Waals surface area contributed by atoms with E-state index in [0.717, 1.165) is 22.1 Å². The normalized spacial score (nSPS) is 14.8. The molecule has 4 aromatic rings. The van der Waals surface area contributed by atoms with Crippen LogP contribution in [-0.2, 0) is 9.31 Å². The molecule has 0 unspecified atom stereocenters. The number of halogens is 2. The van der Waals surface area contributed by atoms with Crippen LogP contribution in [0.15, 0.2) is 107 Å². The molecule has 0 aliphatic carbocycles. The van der Waals surface area contributed by atoms with E-state index >= 15 is 0 Å². The molecule has 10 heteroatoms. The number of para-hydroxylation sites is 2. The van der Waals surface area contributed by atoms with E-state index in [1.54, 1.807) is 12.4 Å². The van der Waals surface area contributed by atoms with E-state index in [4.69, 9.17) is 41.8 Å². The quantitative estimate of drug-likeness (QED) is 0.314. The number of rotatable bonds is 2. The summed E-state index contributed by atoms with van der Waals surface area (Å²) in [4.78, 5) is 9.17. The summed E-state index contributed by atoms with van der Waals surface area (Å²) in [6.07, 6.45) is 3.55. The van der Waals surface area contributed by atoms with E-state index in [9.17, 15) is 0 Å². The molecule has 0 radical (unpaired) electrons. The van der Waals surface area contributed by atoms with Gasteiger partial charge in [-0.2, -0.15) is 0 Å². The van der Waals surface area contributed by atoms with Crippen molar-refractivity contribution in [1.29, 1.82) is 0 Å². The maximum absolute atomic E-state index is 6.34. The lowest BCUT2D eigenvalue weighted by Gasteiger charge is -2.18. The van der Waals surface area contributed by atoms with Crippen LogP contribution in [0.25, 0.3) is 0 Å². The summed E-state index contributed by atoms with van der Waals surface area (Å²) in [5, 5.41) is 1.28. The summed E-state index contributed by atoms with van der Waals surface area (Å²) in [5.41, 5.74) is 3.33. The zero-order valence-electron chi connectivity index (χ0n) is 21.7. The van der Waals surface area contributed by atoms with Crippen molar-refractivity contribution in [2.75, 3.05) is 26.3 Å². The number of hydrogen-bond acceptors (Lipinski definition) is 6. The number of hydrogen-bond donors (Lipinski definition) is 0. The third kappa shape index (κ3) is 7.77. The Morgan fingerprint density at radius 2 is 0.925 bits per heavy atom. The maximum atomic E-state index is 6.34. The molecule has 0 fully saturated rings. The lowest BCUT2D eigenvalue weighted by atomic mass is 9.78. The molecule has 0 atom stereocenters. The van der Waals surface area contributed by atoms with Crippen LogP contribution in [0.4, 0.5) is 0 Å². The largest absolute Gasteiger partial charge is 0.562 e. The van der Waals surface area contributed by atoms with Crippen molar-refractivity contribution in [2.45, 2.75) is 0 Å². The van der Waals surface area contributed by atoms with Crippen LogP contribution in [0, 0.1) is 0 Å². The predicted octanol–water partition coefficient (Wildman–Crippen LogP) is 5.13. The second kappa shape index (κ2) is 14.2. The van der Waals surface area contributed by atoms with Crippen LogP contribution in [0.2, 0.25) is 10.0 Å². The van der Waals surface area contributed by atoms with Gasteiger partial charge in [-0.3, -0.25) is 9.98 Å². The van der Waals surface area contributed by atoms with E-state index in [2.05, 4.69) is 9.98 Å². The van der Waals surface area contributed by atoms with Crippen LogP contribution in [0.5, 0.6) is 11.5 Å².